The van der Waals surface area contributed by atoms with Crippen LogP contribution in [0.2, 0.25) is 0 Å². The molecule has 0 radical (unpaired) electrons. The van der Waals surface area contributed by atoms with E-state index >= 15 is 0 Å². The fourth-order valence-electron chi connectivity index (χ4n) is 3.35. The second-order valence-corrected chi connectivity index (χ2v) is 7.20. The number of ether oxygens (including phenoxy) is 1. The topological polar surface area (TPSA) is 100 Å². The predicted octanol–water partition coefficient (Wildman–Crippen LogP) is 2.12. The van der Waals surface area contributed by atoms with E-state index in [4.69, 9.17) is 15.9 Å². The second-order valence-electron chi connectivity index (χ2n) is 7.20. The van der Waals surface area contributed by atoms with E-state index < -0.39 is 0 Å². The van der Waals surface area contributed by atoms with E-state index in [0.29, 0.717) is 35.8 Å². The Hall–Kier alpha value is -3.03. The zero-order valence-electron chi connectivity index (χ0n) is 16.9. The van der Waals surface area contributed by atoms with Crippen molar-refractivity contribution in [3.8, 4) is 5.75 Å². The lowest BCUT2D eigenvalue weighted by Crippen LogP contribution is -2.50. The zero-order chi connectivity index (χ0) is 20.4. The minimum Gasteiger partial charge on any atom is -0.491 e. The van der Waals surface area contributed by atoms with Crippen LogP contribution in [0, 0.1) is 5.41 Å². The van der Waals surface area contributed by atoms with Crippen molar-refractivity contribution in [3.05, 3.63) is 35.5 Å². The molecule has 1 aromatic heterocycles. The standard InChI is InChI=1S/C20H28N6O2.H2/c1-5-25-8-9-26(12-19(25)27)18-11-17(23-24(18)4)20(22)15-10-14(28-13(2)3)6-7-16(15)21;/h6-7,10-11,13,22H,5,8-9,12,21H2,1-4H3;1H. The monoisotopic (exact) mass is 386 g/mol. The van der Waals surface area contributed by atoms with Crippen molar-refractivity contribution in [1.82, 2.24) is 14.7 Å². The van der Waals surface area contributed by atoms with Gasteiger partial charge >= 0.3 is 0 Å². The molecule has 28 heavy (non-hydrogen) atoms. The number of aryl methyl sites for hydroxylation is 1. The first-order valence-corrected chi connectivity index (χ1v) is 9.52. The Bertz CT molecular complexity index is 895. The largest absolute Gasteiger partial charge is 0.491 e. The number of amides is 1. The quantitative estimate of drug-likeness (QED) is 0.585. The molecule has 0 spiro atoms. The predicted molar refractivity (Wildman–Crippen MR) is 112 cm³/mol. The van der Waals surface area contributed by atoms with Gasteiger partial charge in [0, 0.05) is 45.4 Å². The van der Waals surface area contributed by atoms with Gasteiger partial charge in [-0.05, 0) is 39.0 Å². The van der Waals surface area contributed by atoms with Crippen molar-refractivity contribution < 1.29 is 11.0 Å². The molecule has 1 aliphatic heterocycles. The van der Waals surface area contributed by atoms with Crippen LogP contribution >= 0.6 is 0 Å². The molecule has 0 bridgehead atoms. The van der Waals surface area contributed by atoms with Crippen LogP contribution in [-0.4, -0.2) is 58.6 Å². The summed E-state index contributed by atoms with van der Waals surface area (Å²) in [5, 5.41) is 13.1. The number of nitrogens with one attached hydrogen (secondary N) is 1. The highest BCUT2D eigenvalue weighted by atomic mass is 16.5. The Morgan fingerprint density at radius 2 is 2.11 bits per heavy atom. The van der Waals surface area contributed by atoms with Crippen LogP contribution in [-0.2, 0) is 11.8 Å². The molecule has 8 heteroatoms. The van der Waals surface area contributed by atoms with E-state index in [9.17, 15) is 4.79 Å². The van der Waals surface area contributed by atoms with Crippen molar-refractivity contribution in [3.63, 3.8) is 0 Å². The summed E-state index contributed by atoms with van der Waals surface area (Å²) >= 11 is 0. The lowest BCUT2D eigenvalue weighted by molar-refractivity contribution is -0.130. The number of likely N-dealkylation sites (N-methyl/N-ethyl adjacent to an activating group) is 1. The number of carbonyl (C=O) groups is 1. The van der Waals surface area contributed by atoms with Crippen LogP contribution in [0.5, 0.6) is 5.75 Å². The highest BCUT2D eigenvalue weighted by Crippen LogP contribution is 2.25. The Morgan fingerprint density at radius 1 is 1.36 bits per heavy atom. The lowest BCUT2D eigenvalue weighted by Gasteiger charge is -2.34. The highest BCUT2D eigenvalue weighted by molar-refractivity contribution is 6.13. The van der Waals surface area contributed by atoms with Gasteiger partial charge in [0.1, 0.15) is 17.3 Å². The molecule has 3 N–H and O–H groups in total. The van der Waals surface area contributed by atoms with E-state index in [-0.39, 0.29) is 19.1 Å². The summed E-state index contributed by atoms with van der Waals surface area (Å²) in [7, 11) is 1.82. The highest BCUT2D eigenvalue weighted by Gasteiger charge is 2.26. The molecule has 1 aliphatic rings. The van der Waals surface area contributed by atoms with E-state index in [2.05, 4.69) is 5.10 Å². The van der Waals surface area contributed by atoms with Gasteiger partial charge in [-0.2, -0.15) is 5.10 Å². The number of hydrogen-bond donors (Lipinski definition) is 2. The number of rotatable bonds is 6. The molecule has 0 atom stereocenters. The van der Waals surface area contributed by atoms with Gasteiger partial charge in [0.05, 0.1) is 18.4 Å². The fourth-order valence-corrected chi connectivity index (χ4v) is 3.35. The van der Waals surface area contributed by atoms with E-state index in [0.717, 1.165) is 18.9 Å². The first kappa shape index (κ1) is 19.7. The summed E-state index contributed by atoms with van der Waals surface area (Å²) in [5.74, 6) is 1.59. The maximum Gasteiger partial charge on any atom is 0.242 e. The molecule has 152 valence electrons. The zero-order valence-corrected chi connectivity index (χ0v) is 16.9. The lowest BCUT2D eigenvalue weighted by atomic mass is 10.0. The van der Waals surface area contributed by atoms with Crippen LogP contribution < -0.4 is 15.4 Å². The van der Waals surface area contributed by atoms with Crippen molar-refractivity contribution >= 4 is 23.1 Å². The van der Waals surface area contributed by atoms with Crippen LogP contribution in [0.25, 0.3) is 0 Å². The molecule has 1 amide bonds. The Kier molecular flexibility index (Phi) is 5.58. The van der Waals surface area contributed by atoms with Crippen molar-refractivity contribution in [2.45, 2.75) is 26.9 Å². The summed E-state index contributed by atoms with van der Waals surface area (Å²) in [5.41, 5.74) is 7.92. The van der Waals surface area contributed by atoms with Gasteiger partial charge in [0.25, 0.3) is 0 Å². The average molecular weight is 387 g/mol. The molecule has 8 nitrogen and oxygen atoms in total. The normalized spacial score (nSPS) is 14.7. The number of carbonyl (C=O) groups excluding carboxylic acids is 1. The van der Waals surface area contributed by atoms with Gasteiger partial charge in [-0.1, -0.05) is 0 Å². The summed E-state index contributed by atoms with van der Waals surface area (Å²) in [4.78, 5) is 16.1. The molecule has 0 saturated carbocycles. The minimum absolute atomic E-state index is 0. The molecule has 0 unspecified atom stereocenters. The Morgan fingerprint density at radius 3 is 2.75 bits per heavy atom. The number of anilines is 2. The number of nitrogens with zero attached hydrogens (tertiary/aromatic N) is 4. The van der Waals surface area contributed by atoms with Crippen LogP contribution in [0.15, 0.2) is 24.3 Å². The number of nitrogens with two attached hydrogens (primary N) is 1. The van der Waals surface area contributed by atoms with E-state index in [1.807, 2.05) is 43.7 Å². The third kappa shape index (κ3) is 3.95. The maximum absolute atomic E-state index is 12.2. The van der Waals surface area contributed by atoms with E-state index in [1.165, 1.54) is 0 Å². The molecule has 1 aromatic carbocycles. The van der Waals surface area contributed by atoms with Crippen molar-refractivity contribution in [1.29, 1.82) is 5.41 Å². The van der Waals surface area contributed by atoms with Crippen LogP contribution in [0.1, 0.15) is 33.5 Å². The van der Waals surface area contributed by atoms with Gasteiger partial charge in [0.15, 0.2) is 0 Å². The van der Waals surface area contributed by atoms with Gasteiger partial charge in [-0.15, -0.1) is 0 Å². The summed E-state index contributed by atoms with van der Waals surface area (Å²) in [6.45, 7) is 8.36. The SMILES string of the molecule is CCN1CCN(c2cc(C(=N)c3cc(OC(C)C)ccc3N)nn2C)CC1=O.[HH]. The van der Waals surface area contributed by atoms with Gasteiger partial charge in [0.2, 0.25) is 5.91 Å². The molecular weight excluding hydrogens is 356 g/mol. The van der Waals surface area contributed by atoms with Gasteiger partial charge in [-0.25, -0.2) is 0 Å². The van der Waals surface area contributed by atoms with Crippen molar-refractivity contribution in [2.24, 2.45) is 7.05 Å². The fraction of sp³-hybridized carbons (Fsp3) is 0.450. The molecular formula is C20H30N6O2. The Balaban J connectivity index is 0.00000300. The number of benzene rings is 1. The average Bonchev–Trinajstić information content (AvgIpc) is 3.04. The molecule has 0 aliphatic carbocycles. The summed E-state index contributed by atoms with van der Waals surface area (Å²) in [6.07, 6.45) is 0.0337. The first-order chi connectivity index (χ1) is 13.3. The third-order valence-corrected chi connectivity index (χ3v) is 4.80. The minimum atomic E-state index is 0. The smallest absolute Gasteiger partial charge is 0.242 e. The summed E-state index contributed by atoms with van der Waals surface area (Å²) in [6, 6.07) is 7.16. The third-order valence-electron chi connectivity index (χ3n) is 4.80. The first-order valence-electron chi connectivity index (χ1n) is 9.52. The van der Waals surface area contributed by atoms with Crippen LogP contribution in [0.4, 0.5) is 11.5 Å². The number of aromatic nitrogens is 2. The maximum atomic E-state index is 12.2. The molecule has 3 rings (SSSR count). The van der Waals surface area contributed by atoms with Crippen molar-refractivity contribution in [2.75, 3.05) is 36.8 Å². The molecule has 2 aromatic rings. The van der Waals surface area contributed by atoms with Gasteiger partial charge in [-0.3, -0.25) is 14.9 Å². The summed E-state index contributed by atoms with van der Waals surface area (Å²) < 4.78 is 7.44. The number of hydrogen-bond acceptors (Lipinski definition) is 6. The number of piperazine rings is 1. The van der Waals surface area contributed by atoms with E-state index in [1.54, 1.807) is 22.9 Å². The molecule has 2 heterocycles. The van der Waals surface area contributed by atoms with Gasteiger partial charge < -0.3 is 20.3 Å². The molecule has 1 fully saturated rings. The molecule has 1 saturated heterocycles. The van der Waals surface area contributed by atoms with Crippen LogP contribution in [0.3, 0.4) is 0 Å². The Labute approximate surface area is 166 Å². The second kappa shape index (κ2) is 7.92. The number of nitrogen functional groups attached to an aromatic ring is 1.